The van der Waals surface area contributed by atoms with Crippen LogP contribution in [0, 0.1) is 0 Å². The van der Waals surface area contributed by atoms with Crippen LogP contribution in [0.1, 0.15) is 11.5 Å². The Hall–Kier alpha value is -2.79. The maximum absolute atomic E-state index is 12.6. The summed E-state index contributed by atoms with van der Waals surface area (Å²) in [7, 11) is 1.79. The van der Waals surface area contributed by atoms with Gasteiger partial charge < -0.3 is 13.7 Å². The zero-order valence-corrected chi connectivity index (χ0v) is 13.6. The van der Waals surface area contributed by atoms with Gasteiger partial charge in [-0.3, -0.25) is 9.69 Å². The third-order valence-electron chi connectivity index (χ3n) is 3.80. The summed E-state index contributed by atoms with van der Waals surface area (Å²) in [6.07, 6.45) is 3.27. The number of amides is 1. The quantitative estimate of drug-likeness (QED) is 0.667. The number of benzene rings is 1. The van der Waals surface area contributed by atoms with Crippen LogP contribution in [0.5, 0.6) is 0 Å². The highest BCUT2D eigenvalue weighted by Crippen LogP contribution is 2.14. The molecule has 0 bridgehead atoms. The molecule has 0 saturated carbocycles. The van der Waals surface area contributed by atoms with Gasteiger partial charge in [-0.1, -0.05) is 18.2 Å². The first kappa shape index (κ1) is 16.1. The topological polar surface area (TPSA) is 49.8 Å². The largest absolute Gasteiger partial charge is 0.468 e. The lowest BCUT2D eigenvalue weighted by Gasteiger charge is -2.24. The number of likely N-dealkylation sites (N-methyl/N-ethyl adjacent to an activating group) is 1. The van der Waals surface area contributed by atoms with Crippen LogP contribution in [0.15, 0.2) is 76.0 Å². The molecule has 3 aromatic rings. The molecule has 0 unspecified atom stereocenters. The first-order valence-corrected chi connectivity index (χ1v) is 7.81. The van der Waals surface area contributed by atoms with Crippen LogP contribution >= 0.6 is 0 Å². The molecule has 1 aromatic carbocycles. The van der Waals surface area contributed by atoms with Gasteiger partial charge in [0.1, 0.15) is 11.5 Å². The van der Waals surface area contributed by atoms with Crippen molar-refractivity contribution >= 4 is 11.6 Å². The third kappa shape index (κ3) is 4.14. The van der Waals surface area contributed by atoms with E-state index >= 15 is 0 Å². The van der Waals surface area contributed by atoms with E-state index in [1.54, 1.807) is 24.5 Å². The first-order valence-electron chi connectivity index (χ1n) is 7.81. The predicted octanol–water partition coefficient (Wildman–Crippen LogP) is 3.54. The van der Waals surface area contributed by atoms with Gasteiger partial charge in [0.2, 0.25) is 5.91 Å². The van der Waals surface area contributed by atoms with Gasteiger partial charge in [0.05, 0.1) is 32.2 Å². The summed E-state index contributed by atoms with van der Waals surface area (Å²) in [6, 6.07) is 17.1. The first-order chi connectivity index (χ1) is 11.7. The minimum absolute atomic E-state index is 0.0133. The van der Waals surface area contributed by atoms with E-state index in [0.29, 0.717) is 13.1 Å². The number of rotatable bonds is 7. The molecule has 0 spiro atoms. The van der Waals surface area contributed by atoms with Crippen molar-refractivity contribution in [2.75, 3.05) is 18.5 Å². The maximum Gasteiger partial charge on any atom is 0.240 e. The minimum atomic E-state index is 0.0133. The summed E-state index contributed by atoms with van der Waals surface area (Å²) in [5, 5.41) is 0. The van der Waals surface area contributed by atoms with Crippen molar-refractivity contribution in [3.05, 3.63) is 78.6 Å². The van der Waals surface area contributed by atoms with Gasteiger partial charge in [0, 0.05) is 12.7 Å². The molecule has 1 amide bonds. The number of para-hydroxylation sites is 1. The number of carbonyl (C=O) groups is 1. The van der Waals surface area contributed by atoms with Crippen LogP contribution in [-0.4, -0.2) is 24.4 Å². The van der Waals surface area contributed by atoms with Gasteiger partial charge in [-0.15, -0.1) is 0 Å². The number of hydrogen-bond acceptors (Lipinski definition) is 4. The van der Waals surface area contributed by atoms with E-state index in [9.17, 15) is 4.79 Å². The van der Waals surface area contributed by atoms with Crippen LogP contribution < -0.4 is 4.90 Å². The van der Waals surface area contributed by atoms with Crippen LogP contribution in [-0.2, 0) is 17.9 Å². The Balaban J connectivity index is 1.69. The van der Waals surface area contributed by atoms with Crippen molar-refractivity contribution < 1.29 is 13.6 Å². The summed E-state index contributed by atoms with van der Waals surface area (Å²) in [6.45, 7) is 1.36. The highest BCUT2D eigenvalue weighted by Gasteiger charge is 2.18. The van der Waals surface area contributed by atoms with Gasteiger partial charge in [0.25, 0.3) is 0 Å². The van der Waals surface area contributed by atoms with Crippen LogP contribution in [0.2, 0.25) is 0 Å². The molecule has 24 heavy (non-hydrogen) atoms. The molecule has 2 aromatic heterocycles. The minimum Gasteiger partial charge on any atom is -0.468 e. The molecule has 0 aliphatic heterocycles. The molecule has 0 fully saturated rings. The van der Waals surface area contributed by atoms with E-state index in [-0.39, 0.29) is 12.5 Å². The molecule has 124 valence electrons. The smallest absolute Gasteiger partial charge is 0.240 e. The zero-order valence-electron chi connectivity index (χ0n) is 13.6. The molecule has 5 heteroatoms. The molecule has 3 rings (SSSR count). The summed E-state index contributed by atoms with van der Waals surface area (Å²) < 4.78 is 10.8. The fourth-order valence-electron chi connectivity index (χ4n) is 2.51. The number of furan rings is 2. The zero-order chi connectivity index (χ0) is 16.8. The average molecular weight is 324 g/mol. The summed E-state index contributed by atoms with van der Waals surface area (Å²) in [5.41, 5.74) is 0.874. The van der Waals surface area contributed by atoms with E-state index in [4.69, 9.17) is 8.83 Å². The Labute approximate surface area is 141 Å². The second-order valence-electron chi connectivity index (χ2n) is 5.59. The SMILES string of the molecule is CN(C(=O)CN(Cc1ccco1)Cc1ccco1)c1ccccc1. The Bertz CT molecular complexity index is 700. The number of carbonyl (C=O) groups excluding carboxylic acids is 1. The lowest BCUT2D eigenvalue weighted by molar-refractivity contribution is -0.119. The normalized spacial score (nSPS) is 10.9. The van der Waals surface area contributed by atoms with Crippen molar-refractivity contribution in [1.82, 2.24) is 4.90 Å². The van der Waals surface area contributed by atoms with Crippen molar-refractivity contribution in [2.24, 2.45) is 0 Å². The molecule has 0 radical (unpaired) electrons. The lowest BCUT2D eigenvalue weighted by Crippen LogP contribution is -2.37. The van der Waals surface area contributed by atoms with Crippen molar-refractivity contribution in [1.29, 1.82) is 0 Å². The molecular weight excluding hydrogens is 304 g/mol. The molecule has 0 aliphatic rings. The summed E-state index contributed by atoms with van der Waals surface area (Å²) in [5.74, 6) is 1.65. The van der Waals surface area contributed by atoms with E-state index in [1.807, 2.05) is 59.5 Å². The van der Waals surface area contributed by atoms with Gasteiger partial charge in [-0.05, 0) is 36.4 Å². The lowest BCUT2D eigenvalue weighted by atomic mass is 10.3. The third-order valence-corrected chi connectivity index (χ3v) is 3.80. The Morgan fingerprint density at radius 3 is 1.96 bits per heavy atom. The van der Waals surface area contributed by atoms with Crippen LogP contribution in [0.3, 0.4) is 0 Å². The van der Waals surface area contributed by atoms with Gasteiger partial charge in [-0.25, -0.2) is 0 Å². The van der Waals surface area contributed by atoms with Gasteiger partial charge in [-0.2, -0.15) is 0 Å². The second-order valence-corrected chi connectivity index (χ2v) is 5.59. The van der Waals surface area contributed by atoms with Crippen LogP contribution in [0.4, 0.5) is 5.69 Å². The van der Waals surface area contributed by atoms with E-state index in [0.717, 1.165) is 17.2 Å². The molecule has 0 aliphatic carbocycles. The number of anilines is 1. The number of hydrogen-bond donors (Lipinski definition) is 0. The molecule has 0 saturated heterocycles. The van der Waals surface area contributed by atoms with Crippen LogP contribution in [0.25, 0.3) is 0 Å². The van der Waals surface area contributed by atoms with E-state index in [1.165, 1.54) is 0 Å². The summed E-state index contributed by atoms with van der Waals surface area (Å²) >= 11 is 0. The maximum atomic E-state index is 12.6. The fourth-order valence-corrected chi connectivity index (χ4v) is 2.51. The molecular formula is C19H20N2O3. The van der Waals surface area contributed by atoms with Crippen molar-refractivity contribution in [2.45, 2.75) is 13.1 Å². The monoisotopic (exact) mass is 324 g/mol. The van der Waals surface area contributed by atoms with Crippen molar-refractivity contribution in [3.8, 4) is 0 Å². The molecule has 0 N–H and O–H groups in total. The second kappa shape index (κ2) is 7.66. The Morgan fingerprint density at radius 1 is 0.875 bits per heavy atom. The van der Waals surface area contributed by atoms with E-state index < -0.39 is 0 Å². The fraction of sp³-hybridized carbons (Fsp3) is 0.211. The highest BCUT2D eigenvalue weighted by atomic mass is 16.3. The van der Waals surface area contributed by atoms with Gasteiger partial charge in [0.15, 0.2) is 0 Å². The predicted molar refractivity (Wildman–Crippen MR) is 91.4 cm³/mol. The number of nitrogens with zero attached hydrogens (tertiary/aromatic N) is 2. The molecule has 2 heterocycles. The van der Waals surface area contributed by atoms with Gasteiger partial charge >= 0.3 is 0 Å². The standard InChI is InChI=1S/C19H20N2O3/c1-20(16-7-3-2-4-8-16)19(22)15-21(13-17-9-5-11-23-17)14-18-10-6-12-24-18/h2-12H,13-15H2,1H3. The summed E-state index contributed by atoms with van der Waals surface area (Å²) in [4.78, 5) is 16.3. The molecule has 5 nitrogen and oxygen atoms in total. The van der Waals surface area contributed by atoms with Crippen molar-refractivity contribution in [3.63, 3.8) is 0 Å². The highest BCUT2D eigenvalue weighted by molar-refractivity contribution is 5.94. The average Bonchev–Trinajstić information content (AvgIpc) is 3.29. The van der Waals surface area contributed by atoms with E-state index in [2.05, 4.69) is 0 Å². The Morgan fingerprint density at radius 2 is 1.46 bits per heavy atom. The Kier molecular flexibility index (Phi) is 5.13. The molecule has 0 atom stereocenters.